The molecule has 0 spiro atoms. The number of aliphatic hydroxyl groups excluding tert-OH is 1. The van der Waals surface area contributed by atoms with Gasteiger partial charge in [0.05, 0.1) is 13.2 Å². The van der Waals surface area contributed by atoms with E-state index in [4.69, 9.17) is 19.3 Å². The minimum absolute atomic E-state index is 0.0749. The highest BCUT2D eigenvalue weighted by Crippen LogP contribution is 1.97. The average Bonchev–Trinajstić information content (AvgIpc) is 2.03. The van der Waals surface area contributed by atoms with E-state index in [0.717, 1.165) is 0 Å². The maximum absolute atomic E-state index is 8.53. The summed E-state index contributed by atoms with van der Waals surface area (Å²) in [6.07, 6.45) is 0.190. The Bertz CT molecular complexity index is 76.8. The molecule has 0 aliphatic heterocycles. The average molecular weight is 164 g/mol. The number of rotatable bonds is 7. The van der Waals surface area contributed by atoms with E-state index in [9.17, 15) is 0 Å². The lowest BCUT2D eigenvalue weighted by Crippen LogP contribution is -2.19. The fourth-order valence-electron chi connectivity index (χ4n) is 0.638. The molecule has 0 radical (unpaired) electrons. The van der Waals surface area contributed by atoms with Gasteiger partial charge in [0.2, 0.25) is 0 Å². The molecule has 0 aromatic carbocycles. The first-order chi connectivity index (χ1) is 5.35. The highest BCUT2D eigenvalue weighted by molar-refractivity contribution is 4.41. The van der Waals surface area contributed by atoms with E-state index < -0.39 is 0 Å². The monoisotopic (exact) mass is 164 g/mol. The van der Waals surface area contributed by atoms with Crippen LogP contribution in [0.25, 0.3) is 0 Å². The predicted octanol–water partition coefficient (Wildman–Crippen LogP) is 0.00430. The Morgan fingerprint density at radius 1 is 1.27 bits per heavy atom. The van der Waals surface area contributed by atoms with Gasteiger partial charge in [-0.1, -0.05) is 0 Å². The topological polar surface area (TPSA) is 47.9 Å². The highest BCUT2D eigenvalue weighted by Gasteiger charge is 2.04. The lowest BCUT2D eigenvalue weighted by molar-refractivity contribution is -0.139. The molecule has 0 amide bonds. The van der Waals surface area contributed by atoms with Gasteiger partial charge in [0.25, 0.3) is 0 Å². The molecular formula is C7H16O4. The van der Waals surface area contributed by atoms with Gasteiger partial charge in [-0.05, 0) is 0 Å². The van der Waals surface area contributed by atoms with Gasteiger partial charge in [0.15, 0.2) is 6.29 Å². The van der Waals surface area contributed by atoms with Crippen LogP contribution in [0.1, 0.15) is 6.42 Å². The zero-order chi connectivity index (χ0) is 8.53. The normalized spacial score (nSPS) is 13.4. The van der Waals surface area contributed by atoms with Crippen LogP contribution in [0.2, 0.25) is 0 Å². The van der Waals surface area contributed by atoms with Gasteiger partial charge in [-0.3, -0.25) is 0 Å². The Labute approximate surface area is 67.1 Å². The lowest BCUT2D eigenvalue weighted by atomic mass is 10.4. The van der Waals surface area contributed by atoms with Crippen LogP contribution in [-0.2, 0) is 14.2 Å². The minimum Gasteiger partial charge on any atom is -0.396 e. The number of aliphatic hydroxyl groups is 1. The minimum atomic E-state index is -0.310. The summed E-state index contributed by atoms with van der Waals surface area (Å²) < 4.78 is 14.8. The summed E-state index contributed by atoms with van der Waals surface area (Å²) in [6.45, 7) is 1.12. The van der Waals surface area contributed by atoms with Crippen molar-refractivity contribution in [1.29, 1.82) is 0 Å². The molecule has 4 heteroatoms. The molecule has 68 valence electrons. The number of ether oxygens (including phenoxy) is 3. The fourth-order valence-corrected chi connectivity index (χ4v) is 0.638. The largest absolute Gasteiger partial charge is 0.396 e. The maximum Gasteiger partial charge on any atom is 0.159 e. The molecule has 0 bridgehead atoms. The van der Waals surface area contributed by atoms with Gasteiger partial charge in [-0.2, -0.15) is 0 Å². The van der Waals surface area contributed by atoms with Crippen LogP contribution >= 0.6 is 0 Å². The molecule has 0 saturated carbocycles. The van der Waals surface area contributed by atoms with Crippen molar-refractivity contribution in [3.63, 3.8) is 0 Å². The molecule has 1 unspecified atom stereocenters. The molecule has 0 fully saturated rings. The van der Waals surface area contributed by atoms with Gasteiger partial charge in [-0.25, -0.2) is 0 Å². The van der Waals surface area contributed by atoms with Crippen LogP contribution in [0, 0.1) is 0 Å². The van der Waals surface area contributed by atoms with E-state index in [1.807, 2.05) is 0 Å². The molecular weight excluding hydrogens is 148 g/mol. The number of hydrogen-bond acceptors (Lipinski definition) is 4. The first-order valence-corrected chi connectivity index (χ1v) is 3.59. The van der Waals surface area contributed by atoms with Gasteiger partial charge in [0.1, 0.15) is 0 Å². The van der Waals surface area contributed by atoms with E-state index in [2.05, 4.69) is 0 Å². The second-order valence-corrected chi connectivity index (χ2v) is 2.04. The SMILES string of the molecule is COCCOC(CCO)OC. The van der Waals surface area contributed by atoms with Crippen LogP contribution in [0.4, 0.5) is 0 Å². The quantitative estimate of drug-likeness (QED) is 0.425. The third-order valence-corrected chi connectivity index (χ3v) is 1.22. The van der Waals surface area contributed by atoms with E-state index in [0.29, 0.717) is 19.6 Å². The zero-order valence-corrected chi connectivity index (χ0v) is 7.08. The Hall–Kier alpha value is -0.160. The summed E-state index contributed by atoms with van der Waals surface area (Å²) in [5.41, 5.74) is 0. The molecule has 1 N–H and O–H groups in total. The van der Waals surface area contributed by atoms with E-state index >= 15 is 0 Å². The summed E-state index contributed by atoms with van der Waals surface area (Å²) in [5, 5.41) is 8.53. The summed E-state index contributed by atoms with van der Waals surface area (Å²) in [5.74, 6) is 0. The van der Waals surface area contributed by atoms with Crippen molar-refractivity contribution in [2.45, 2.75) is 12.7 Å². The molecule has 0 aromatic rings. The predicted molar refractivity (Wildman–Crippen MR) is 40.3 cm³/mol. The van der Waals surface area contributed by atoms with Crippen molar-refractivity contribution < 1.29 is 19.3 Å². The van der Waals surface area contributed by atoms with Crippen LogP contribution in [-0.4, -0.2) is 45.4 Å². The first kappa shape index (κ1) is 10.8. The Morgan fingerprint density at radius 3 is 2.45 bits per heavy atom. The molecule has 0 aromatic heterocycles. The fraction of sp³-hybridized carbons (Fsp3) is 1.00. The van der Waals surface area contributed by atoms with Crippen LogP contribution in [0.15, 0.2) is 0 Å². The smallest absolute Gasteiger partial charge is 0.159 e. The van der Waals surface area contributed by atoms with Gasteiger partial charge < -0.3 is 19.3 Å². The van der Waals surface area contributed by atoms with Crippen LogP contribution in [0.3, 0.4) is 0 Å². The third-order valence-electron chi connectivity index (χ3n) is 1.22. The molecule has 4 nitrogen and oxygen atoms in total. The Morgan fingerprint density at radius 2 is 2.00 bits per heavy atom. The van der Waals surface area contributed by atoms with Crippen molar-refractivity contribution in [2.75, 3.05) is 34.0 Å². The summed E-state index contributed by atoms with van der Waals surface area (Å²) in [6, 6.07) is 0. The summed E-state index contributed by atoms with van der Waals surface area (Å²) in [4.78, 5) is 0. The summed E-state index contributed by atoms with van der Waals surface area (Å²) in [7, 11) is 3.16. The van der Waals surface area contributed by atoms with Crippen molar-refractivity contribution >= 4 is 0 Å². The Balaban J connectivity index is 3.20. The third kappa shape index (κ3) is 6.25. The molecule has 11 heavy (non-hydrogen) atoms. The van der Waals surface area contributed by atoms with Crippen LogP contribution in [0.5, 0.6) is 0 Å². The lowest BCUT2D eigenvalue weighted by Gasteiger charge is -2.14. The second kappa shape index (κ2) is 7.94. The standard InChI is InChI=1S/C7H16O4/c1-9-5-6-11-7(10-2)3-4-8/h7-8H,3-6H2,1-2H3. The van der Waals surface area contributed by atoms with Crippen molar-refractivity contribution in [1.82, 2.24) is 0 Å². The number of hydrogen-bond donors (Lipinski definition) is 1. The summed E-state index contributed by atoms with van der Waals surface area (Å²) >= 11 is 0. The van der Waals surface area contributed by atoms with Crippen molar-refractivity contribution in [3.05, 3.63) is 0 Å². The molecule has 1 atom stereocenters. The zero-order valence-electron chi connectivity index (χ0n) is 7.08. The molecule has 0 aliphatic rings. The highest BCUT2D eigenvalue weighted by atomic mass is 16.7. The molecule has 0 heterocycles. The van der Waals surface area contributed by atoms with E-state index in [1.54, 1.807) is 14.2 Å². The molecule has 0 saturated heterocycles. The molecule has 0 aliphatic carbocycles. The van der Waals surface area contributed by atoms with Crippen molar-refractivity contribution in [3.8, 4) is 0 Å². The van der Waals surface area contributed by atoms with Crippen molar-refractivity contribution in [2.24, 2.45) is 0 Å². The first-order valence-electron chi connectivity index (χ1n) is 3.59. The maximum atomic E-state index is 8.53. The van der Waals surface area contributed by atoms with Crippen LogP contribution < -0.4 is 0 Å². The van der Waals surface area contributed by atoms with E-state index in [1.165, 1.54) is 0 Å². The number of methoxy groups -OCH3 is 2. The van der Waals surface area contributed by atoms with E-state index in [-0.39, 0.29) is 12.9 Å². The molecule has 0 rings (SSSR count). The van der Waals surface area contributed by atoms with Gasteiger partial charge in [0, 0.05) is 27.2 Å². The van der Waals surface area contributed by atoms with Gasteiger partial charge in [-0.15, -0.1) is 0 Å². The van der Waals surface area contributed by atoms with Gasteiger partial charge >= 0.3 is 0 Å². The second-order valence-electron chi connectivity index (χ2n) is 2.04. The Kier molecular flexibility index (Phi) is 7.83.